The second-order valence-electron chi connectivity index (χ2n) is 6.93. The lowest BCUT2D eigenvalue weighted by atomic mass is 10.1. The molecule has 0 saturated carbocycles. The zero-order valence-electron chi connectivity index (χ0n) is 16.1. The molecule has 0 spiro atoms. The van der Waals surface area contributed by atoms with Gasteiger partial charge >= 0.3 is 0 Å². The van der Waals surface area contributed by atoms with Gasteiger partial charge in [0.15, 0.2) is 11.0 Å². The molecule has 0 fully saturated rings. The molecule has 0 aliphatic carbocycles. The quantitative estimate of drug-likeness (QED) is 0.596. The van der Waals surface area contributed by atoms with Crippen LogP contribution in [0.15, 0.2) is 53.9 Å². The Kier molecular flexibility index (Phi) is 5.43. The first kappa shape index (κ1) is 18.7. The molecule has 1 aliphatic heterocycles. The zero-order chi connectivity index (χ0) is 19.5. The van der Waals surface area contributed by atoms with Crippen molar-refractivity contribution >= 4 is 23.4 Å². The van der Waals surface area contributed by atoms with Gasteiger partial charge in [-0.05, 0) is 43.5 Å². The van der Waals surface area contributed by atoms with E-state index in [9.17, 15) is 4.79 Å². The fraction of sp³-hybridized carbons (Fsp3) is 0.333. The SMILES string of the molecule is CCCn1c(SCC(=O)N2c3ccccc3C[C@@H]2C)nnc1-c1cccnc1. The molecular formula is C21H23N5OS. The normalized spacial score (nSPS) is 15.6. The third-order valence-electron chi connectivity index (χ3n) is 4.88. The fourth-order valence-corrected chi connectivity index (χ4v) is 4.49. The van der Waals surface area contributed by atoms with E-state index in [0.717, 1.165) is 41.6 Å². The number of hydrogen-bond donors (Lipinski definition) is 0. The molecule has 0 bridgehead atoms. The number of amides is 1. The Morgan fingerprint density at radius 1 is 1.21 bits per heavy atom. The lowest BCUT2D eigenvalue weighted by Gasteiger charge is -2.22. The third-order valence-corrected chi connectivity index (χ3v) is 5.84. The van der Waals surface area contributed by atoms with Crippen LogP contribution in [-0.4, -0.2) is 37.5 Å². The molecule has 0 unspecified atom stereocenters. The lowest BCUT2D eigenvalue weighted by Crippen LogP contribution is -2.37. The highest BCUT2D eigenvalue weighted by atomic mass is 32.2. The maximum absolute atomic E-state index is 13.0. The van der Waals surface area contributed by atoms with Crippen molar-refractivity contribution < 1.29 is 4.79 Å². The molecule has 3 heterocycles. The zero-order valence-corrected chi connectivity index (χ0v) is 16.9. The number of carbonyl (C=O) groups is 1. The smallest absolute Gasteiger partial charge is 0.237 e. The Balaban J connectivity index is 1.52. The first-order valence-electron chi connectivity index (χ1n) is 9.55. The minimum absolute atomic E-state index is 0.108. The van der Waals surface area contributed by atoms with Crippen molar-refractivity contribution in [3.8, 4) is 11.4 Å². The average Bonchev–Trinajstić information content (AvgIpc) is 3.27. The molecule has 3 aromatic rings. The van der Waals surface area contributed by atoms with Crippen LogP contribution in [0.3, 0.4) is 0 Å². The highest BCUT2D eigenvalue weighted by Crippen LogP contribution is 2.33. The molecule has 1 aromatic carbocycles. The van der Waals surface area contributed by atoms with Gasteiger partial charge in [-0.15, -0.1) is 10.2 Å². The third kappa shape index (κ3) is 3.54. The number of carbonyl (C=O) groups excluding carboxylic acids is 1. The maximum atomic E-state index is 13.0. The van der Waals surface area contributed by atoms with Crippen LogP contribution in [0.2, 0.25) is 0 Å². The number of thioether (sulfide) groups is 1. The van der Waals surface area contributed by atoms with Crippen LogP contribution in [0.1, 0.15) is 25.8 Å². The van der Waals surface area contributed by atoms with E-state index < -0.39 is 0 Å². The minimum atomic E-state index is 0.108. The molecule has 1 aliphatic rings. The fourth-order valence-electron chi connectivity index (χ4n) is 3.67. The average molecular weight is 394 g/mol. The van der Waals surface area contributed by atoms with E-state index in [4.69, 9.17) is 0 Å². The monoisotopic (exact) mass is 393 g/mol. The van der Waals surface area contributed by atoms with Crippen molar-refractivity contribution in [2.45, 2.75) is 44.4 Å². The van der Waals surface area contributed by atoms with Crippen LogP contribution in [0.4, 0.5) is 5.69 Å². The number of nitrogens with zero attached hydrogens (tertiary/aromatic N) is 5. The Morgan fingerprint density at radius 3 is 2.86 bits per heavy atom. The number of rotatable bonds is 6. The van der Waals surface area contributed by atoms with Crippen molar-refractivity contribution in [1.29, 1.82) is 0 Å². The van der Waals surface area contributed by atoms with E-state index in [-0.39, 0.29) is 11.9 Å². The van der Waals surface area contributed by atoms with E-state index >= 15 is 0 Å². The molecule has 2 aromatic heterocycles. The van der Waals surface area contributed by atoms with Crippen molar-refractivity contribution in [3.05, 3.63) is 54.4 Å². The summed E-state index contributed by atoms with van der Waals surface area (Å²) in [6, 6.07) is 12.2. The van der Waals surface area contributed by atoms with Crippen LogP contribution in [0, 0.1) is 0 Å². The molecule has 6 nitrogen and oxygen atoms in total. The van der Waals surface area contributed by atoms with Crippen molar-refractivity contribution in [1.82, 2.24) is 19.7 Å². The van der Waals surface area contributed by atoms with E-state index in [2.05, 4.69) is 39.7 Å². The Bertz CT molecular complexity index is 972. The predicted molar refractivity (Wildman–Crippen MR) is 111 cm³/mol. The Morgan fingerprint density at radius 2 is 2.07 bits per heavy atom. The molecule has 0 saturated heterocycles. The minimum Gasteiger partial charge on any atom is -0.308 e. The summed E-state index contributed by atoms with van der Waals surface area (Å²) in [4.78, 5) is 19.1. The topological polar surface area (TPSA) is 63.9 Å². The van der Waals surface area contributed by atoms with Gasteiger partial charge in [-0.3, -0.25) is 9.78 Å². The Labute approximate surface area is 169 Å². The van der Waals surface area contributed by atoms with Crippen LogP contribution in [0.25, 0.3) is 11.4 Å². The maximum Gasteiger partial charge on any atom is 0.237 e. The van der Waals surface area contributed by atoms with Gasteiger partial charge in [-0.25, -0.2) is 0 Å². The van der Waals surface area contributed by atoms with Crippen molar-refractivity contribution in [2.24, 2.45) is 0 Å². The van der Waals surface area contributed by atoms with Crippen molar-refractivity contribution in [2.75, 3.05) is 10.7 Å². The first-order chi connectivity index (χ1) is 13.7. The molecule has 1 atom stereocenters. The van der Waals surface area contributed by atoms with E-state index in [0.29, 0.717) is 5.75 Å². The summed E-state index contributed by atoms with van der Waals surface area (Å²) in [7, 11) is 0. The number of aromatic nitrogens is 4. The Hall–Kier alpha value is -2.67. The highest BCUT2D eigenvalue weighted by molar-refractivity contribution is 7.99. The molecule has 144 valence electrons. The highest BCUT2D eigenvalue weighted by Gasteiger charge is 2.30. The molecule has 7 heteroatoms. The van der Waals surface area contributed by atoms with Gasteiger partial charge in [0.2, 0.25) is 5.91 Å². The second-order valence-corrected chi connectivity index (χ2v) is 7.88. The summed E-state index contributed by atoms with van der Waals surface area (Å²) in [6.07, 6.45) is 5.40. The number of para-hydroxylation sites is 1. The largest absolute Gasteiger partial charge is 0.308 e. The lowest BCUT2D eigenvalue weighted by molar-refractivity contribution is -0.116. The number of benzene rings is 1. The van der Waals surface area contributed by atoms with Gasteiger partial charge in [0, 0.05) is 36.2 Å². The molecule has 28 heavy (non-hydrogen) atoms. The number of hydrogen-bond acceptors (Lipinski definition) is 5. The molecule has 0 radical (unpaired) electrons. The number of anilines is 1. The second kappa shape index (κ2) is 8.14. The van der Waals surface area contributed by atoms with E-state index in [1.165, 1.54) is 17.3 Å². The summed E-state index contributed by atoms with van der Waals surface area (Å²) in [5.74, 6) is 1.24. The van der Waals surface area contributed by atoms with Gasteiger partial charge in [-0.2, -0.15) is 0 Å². The van der Waals surface area contributed by atoms with Gasteiger partial charge in [-0.1, -0.05) is 36.9 Å². The van der Waals surface area contributed by atoms with Gasteiger partial charge in [0.25, 0.3) is 0 Å². The summed E-state index contributed by atoms with van der Waals surface area (Å²) in [5.41, 5.74) is 3.21. The van der Waals surface area contributed by atoms with E-state index in [1.54, 1.807) is 12.4 Å². The van der Waals surface area contributed by atoms with Crippen LogP contribution in [0.5, 0.6) is 0 Å². The molecule has 0 N–H and O–H groups in total. The van der Waals surface area contributed by atoms with Gasteiger partial charge in [0.1, 0.15) is 0 Å². The van der Waals surface area contributed by atoms with Gasteiger partial charge < -0.3 is 9.47 Å². The van der Waals surface area contributed by atoms with Crippen molar-refractivity contribution in [3.63, 3.8) is 0 Å². The summed E-state index contributed by atoms with van der Waals surface area (Å²) >= 11 is 1.45. The summed E-state index contributed by atoms with van der Waals surface area (Å²) in [5, 5.41) is 9.48. The number of fused-ring (bicyclic) bond motifs is 1. The number of pyridine rings is 1. The molecule has 4 rings (SSSR count). The van der Waals surface area contributed by atoms with Crippen LogP contribution < -0.4 is 4.90 Å². The summed E-state index contributed by atoms with van der Waals surface area (Å²) in [6.45, 7) is 5.02. The predicted octanol–water partition coefficient (Wildman–Crippen LogP) is 3.82. The molecule has 1 amide bonds. The van der Waals surface area contributed by atoms with Crippen LogP contribution in [-0.2, 0) is 17.8 Å². The van der Waals surface area contributed by atoms with Crippen LogP contribution >= 0.6 is 11.8 Å². The molecular weight excluding hydrogens is 370 g/mol. The summed E-state index contributed by atoms with van der Waals surface area (Å²) < 4.78 is 2.08. The van der Waals surface area contributed by atoms with E-state index in [1.807, 2.05) is 35.2 Å². The van der Waals surface area contributed by atoms with Gasteiger partial charge in [0.05, 0.1) is 5.75 Å². The standard InChI is InChI=1S/C21H23N5OS/c1-3-11-25-20(17-8-6-10-22-13-17)23-24-21(25)28-14-19(27)26-15(2)12-16-7-4-5-9-18(16)26/h4-10,13,15H,3,11-12,14H2,1-2H3/t15-/m0/s1. The first-order valence-corrected chi connectivity index (χ1v) is 10.5.